The van der Waals surface area contributed by atoms with Gasteiger partial charge in [0, 0.05) is 24.9 Å². The van der Waals surface area contributed by atoms with Crippen molar-refractivity contribution in [2.45, 2.75) is 33.2 Å². The van der Waals surface area contributed by atoms with Crippen LogP contribution in [0.25, 0.3) is 0 Å². The topological polar surface area (TPSA) is 81.7 Å². The summed E-state index contributed by atoms with van der Waals surface area (Å²) < 4.78 is 9.88. The highest BCUT2D eigenvalue weighted by atomic mass is 16.5. The number of aryl methyl sites for hydroxylation is 2. The molecule has 6 heteroatoms. The number of hydrogen-bond donors (Lipinski definition) is 1. The van der Waals surface area contributed by atoms with E-state index in [1.54, 1.807) is 24.3 Å². The molecule has 0 radical (unpaired) electrons. The molecule has 0 aromatic heterocycles. The van der Waals surface area contributed by atoms with E-state index < -0.39 is 5.97 Å². The molecule has 0 unspecified atom stereocenters. The van der Waals surface area contributed by atoms with Crippen LogP contribution in [0.4, 0.5) is 0 Å². The van der Waals surface area contributed by atoms with E-state index in [1.807, 2.05) is 26.0 Å². The molecule has 6 nitrogen and oxygen atoms in total. The molecule has 0 fully saturated rings. The highest BCUT2D eigenvalue weighted by Crippen LogP contribution is 2.21. The molecule has 0 atom stereocenters. The maximum Gasteiger partial charge on any atom is 0.341 e. The number of esters is 1. The van der Waals surface area contributed by atoms with Crippen LogP contribution in [0.2, 0.25) is 0 Å². The number of methoxy groups -OCH3 is 2. The number of rotatable bonds is 8. The van der Waals surface area contributed by atoms with E-state index in [1.165, 1.54) is 14.2 Å². The Balaban J connectivity index is 1.91. The van der Waals surface area contributed by atoms with Crippen LogP contribution in [0.1, 0.15) is 50.2 Å². The third-order valence-electron chi connectivity index (χ3n) is 4.57. The predicted molar refractivity (Wildman–Crippen MR) is 106 cm³/mol. The van der Waals surface area contributed by atoms with Crippen LogP contribution in [-0.2, 0) is 16.1 Å². The van der Waals surface area contributed by atoms with Crippen molar-refractivity contribution in [2.24, 2.45) is 0 Å². The fourth-order valence-corrected chi connectivity index (χ4v) is 2.71. The Labute approximate surface area is 164 Å². The summed E-state index contributed by atoms with van der Waals surface area (Å²) in [5.74, 6) is -0.395. The first kappa shape index (κ1) is 21.2. The lowest BCUT2D eigenvalue weighted by Gasteiger charge is -2.10. The number of ether oxygens (including phenoxy) is 2. The molecule has 2 aromatic carbocycles. The fourth-order valence-electron chi connectivity index (χ4n) is 2.71. The lowest BCUT2D eigenvalue weighted by Crippen LogP contribution is -2.23. The molecule has 0 spiro atoms. The van der Waals surface area contributed by atoms with Gasteiger partial charge in [-0.05, 0) is 48.7 Å². The van der Waals surface area contributed by atoms with Gasteiger partial charge in [-0.2, -0.15) is 0 Å². The predicted octanol–water partition coefficient (Wildman–Crippen LogP) is 3.38. The van der Waals surface area contributed by atoms with Gasteiger partial charge in [0.25, 0.3) is 0 Å². The van der Waals surface area contributed by atoms with E-state index >= 15 is 0 Å². The second-order valence-corrected chi connectivity index (χ2v) is 6.53. The standard InChI is InChI=1S/C22H25NO5/c1-14-5-7-17(11-15(14)2)19(24)8-10-21(25)23-13-16-6-9-20(27-3)18(12-16)22(26)28-4/h5-7,9,11-12H,8,10,13H2,1-4H3,(H,23,25). The second kappa shape index (κ2) is 9.69. The van der Waals surface area contributed by atoms with Crippen molar-refractivity contribution in [1.29, 1.82) is 0 Å². The summed E-state index contributed by atoms with van der Waals surface area (Å²) in [6.07, 6.45) is 0.246. The number of amides is 1. The van der Waals surface area contributed by atoms with Gasteiger partial charge in [0.15, 0.2) is 5.78 Å². The minimum Gasteiger partial charge on any atom is -0.496 e. The van der Waals surface area contributed by atoms with Crippen LogP contribution in [0.3, 0.4) is 0 Å². The molecule has 1 amide bonds. The molecule has 28 heavy (non-hydrogen) atoms. The summed E-state index contributed by atoms with van der Waals surface area (Å²) in [7, 11) is 2.76. The van der Waals surface area contributed by atoms with E-state index in [-0.39, 0.29) is 31.1 Å². The lowest BCUT2D eigenvalue weighted by atomic mass is 10.0. The minimum absolute atomic E-state index is 0.0596. The third-order valence-corrected chi connectivity index (χ3v) is 4.57. The Bertz CT molecular complexity index is 888. The summed E-state index contributed by atoms with van der Waals surface area (Å²) in [5.41, 5.74) is 3.82. The van der Waals surface area contributed by atoms with Gasteiger partial charge in [-0.1, -0.05) is 18.2 Å². The van der Waals surface area contributed by atoms with Gasteiger partial charge < -0.3 is 14.8 Å². The molecule has 1 N–H and O–H groups in total. The van der Waals surface area contributed by atoms with Crippen molar-refractivity contribution in [3.05, 3.63) is 64.2 Å². The minimum atomic E-state index is -0.510. The monoisotopic (exact) mass is 383 g/mol. The molecule has 2 rings (SSSR count). The number of ketones is 1. The quantitative estimate of drug-likeness (QED) is 0.558. The average Bonchev–Trinajstić information content (AvgIpc) is 2.71. The second-order valence-electron chi connectivity index (χ2n) is 6.53. The lowest BCUT2D eigenvalue weighted by molar-refractivity contribution is -0.121. The number of Topliss-reactive ketones (excluding diaryl/α,β-unsaturated/α-hetero) is 1. The van der Waals surface area contributed by atoms with Crippen molar-refractivity contribution in [3.63, 3.8) is 0 Å². The molecule has 0 saturated carbocycles. The molecular formula is C22H25NO5. The molecule has 0 bridgehead atoms. The van der Waals surface area contributed by atoms with Gasteiger partial charge in [0.05, 0.1) is 14.2 Å². The smallest absolute Gasteiger partial charge is 0.341 e. The zero-order valence-corrected chi connectivity index (χ0v) is 16.6. The zero-order chi connectivity index (χ0) is 20.7. The maximum atomic E-state index is 12.3. The van der Waals surface area contributed by atoms with Crippen LogP contribution in [0.5, 0.6) is 5.75 Å². The van der Waals surface area contributed by atoms with E-state index in [0.717, 1.165) is 16.7 Å². The van der Waals surface area contributed by atoms with Crippen molar-refractivity contribution in [1.82, 2.24) is 5.32 Å². The number of carbonyl (C=O) groups excluding carboxylic acids is 3. The molecule has 0 aliphatic heterocycles. The van der Waals surface area contributed by atoms with Crippen molar-refractivity contribution in [3.8, 4) is 5.75 Å². The van der Waals surface area contributed by atoms with E-state index in [4.69, 9.17) is 9.47 Å². The molecule has 0 aliphatic rings. The highest BCUT2D eigenvalue weighted by Gasteiger charge is 2.14. The Hall–Kier alpha value is -3.15. The van der Waals surface area contributed by atoms with E-state index in [9.17, 15) is 14.4 Å². The number of benzene rings is 2. The van der Waals surface area contributed by atoms with Crippen LogP contribution in [0.15, 0.2) is 36.4 Å². The van der Waals surface area contributed by atoms with Crippen LogP contribution < -0.4 is 10.1 Å². The SMILES string of the molecule is COC(=O)c1cc(CNC(=O)CCC(=O)c2ccc(C)c(C)c2)ccc1OC. The van der Waals surface area contributed by atoms with Gasteiger partial charge in [-0.25, -0.2) is 4.79 Å². The fraction of sp³-hybridized carbons (Fsp3) is 0.318. The van der Waals surface area contributed by atoms with Crippen LogP contribution in [-0.4, -0.2) is 31.9 Å². The number of hydrogen-bond acceptors (Lipinski definition) is 5. The highest BCUT2D eigenvalue weighted by molar-refractivity contribution is 5.98. The first-order chi connectivity index (χ1) is 13.3. The van der Waals surface area contributed by atoms with Crippen molar-refractivity contribution >= 4 is 17.7 Å². The molecule has 0 aliphatic carbocycles. The van der Waals surface area contributed by atoms with Gasteiger partial charge in [-0.15, -0.1) is 0 Å². The Morgan fingerprint density at radius 3 is 2.32 bits per heavy atom. The number of carbonyl (C=O) groups is 3. The third kappa shape index (κ3) is 5.42. The van der Waals surface area contributed by atoms with Crippen molar-refractivity contribution < 1.29 is 23.9 Å². The van der Waals surface area contributed by atoms with Gasteiger partial charge in [-0.3, -0.25) is 9.59 Å². The van der Waals surface area contributed by atoms with Gasteiger partial charge in [0.2, 0.25) is 5.91 Å². The van der Waals surface area contributed by atoms with Crippen molar-refractivity contribution in [2.75, 3.05) is 14.2 Å². The van der Waals surface area contributed by atoms with E-state index in [0.29, 0.717) is 16.9 Å². The molecular weight excluding hydrogens is 358 g/mol. The largest absolute Gasteiger partial charge is 0.496 e. The molecule has 148 valence electrons. The van der Waals surface area contributed by atoms with Gasteiger partial charge in [0.1, 0.15) is 11.3 Å². The molecule has 2 aromatic rings. The Kier molecular flexibility index (Phi) is 7.32. The molecule has 0 saturated heterocycles. The normalized spacial score (nSPS) is 10.3. The molecule has 0 heterocycles. The summed E-state index contributed by atoms with van der Waals surface area (Å²) >= 11 is 0. The Morgan fingerprint density at radius 2 is 1.68 bits per heavy atom. The van der Waals surface area contributed by atoms with E-state index in [2.05, 4.69) is 5.32 Å². The summed E-state index contributed by atoms with van der Waals surface area (Å²) in [4.78, 5) is 36.2. The average molecular weight is 383 g/mol. The summed E-state index contributed by atoms with van der Waals surface area (Å²) in [5, 5.41) is 2.76. The zero-order valence-electron chi connectivity index (χ0n) is 16.6. The first-order valence-corrected chi connectivity index (χ1v) is 8.98. The number of nitrogens with one attached hydrogen (secondary N) is 1. The Morgan fingerprint density at radius 1 is 0.929 bits per heavy atom. The van der Waals surface area contributed by atoms with Crippen LogP contribution in [0, 0.1) is 13.8 Å². The van der Waals surface area contributed by atoms with Gasteiger partial charge >= 0.3 is 5.97 Å². The first-order valence-electron chi connectivity index (χ1n) is 8.98. The summed E-state index contributed by atoms with van der Waals surface area (Å²) in [6.45, 7) is 4.18. The maximum absolute atomic E-state index is 12.3. The summed E-state index contributed by atoms with van der Waals surface area (Å²) in [6, 6.07) is 10.6. The van der Waals surface area contributed by atoms with Crippen LogP contribution >= 0.6 is 0 Å².